The van der Waals surface area contributed by atoms with Crippen molar-refractivity contribution in [2.24, 2.45) is 0 Å². The van der Waals surface area contributed by atoms with E-state index in [0.29, 0.717) is 13.1 Å². The molecule has 0 radical (unpaired) electrons. The molecule has 0 heterocycles. The third kappa shape index (κ3) is 5.21. The molecule has 1 unspecified atom stereocenters. The van der Waals surface area contributed by atoms with Crippen LogP contribution in [0.3, 0.4) is 0 Å². The zero-order valence-electron chi connectivity index (χ0n) is 12.6. The summed E-state index contributed by atoms with van der Waals surface area (Å²) in [5.74, 6) is 0.882. The number of aliphatic hydroxyl groups is 1. The van der Waals surface area contributed by atoms with Gasteiger partial charge in [0.1, 0.15) is 5.75 Å². The molecule has 2 aromatic carbocycles. The first-order valence-corrected chi connectivity index (χ1v) is 7.34. The Morgan fingerprint density at radius 1 is 1.05 bits per heavy atom. The number of hydrogen-bond donors (Lipinski definition) is 2. The van der Waals surface area contributed by atoms with E-state index in [9.17, 15) is 5.11 Å². The van der Waals surface area contributed by atoms with E-state index in [-0.39, 0.29) is 6.10 Å². The Balaban J connectivity index is 1.83. The van der Waals surface area contributed by atoms with Gasteiger partial charge < -0.3 is 15.2 Å². The van der Waals surface area contributed by atoms with Gasteiger partial charge in [0, 0.05) is 13.1 Å². The van der Waals surface area contributed by atoms with Crippen LogP contribution in [0.1, 0.15) is 31.1 Å². The molecule has 0 aliphatic carbocycles. The molecule has 2 rings (SSSR count). The van der Waals surface area contributed by atoms with E-state index in [1.807, 2.05) is 62.4 Å². The van der Waals surface area contributed by atoms with Crippen molar-refractivity contribution in [2.45, 2.75) is 32.6 Å². The molecule has 0 saturated heterocycles. The molecule has 3 heteroatoms. The zero-order chi connectivity index (χ0) is 15.1. The van der Waals surface area contributed by atoms with Gasteiger partial charge in [0.15, 0.2) is 0 Å². The first-order valence-electron chi connectivity index (χ1n) is 7.34. The molecule has 3 nitrogen and oxygen atoms in total. The fourth-order valence-corrected chi connectivity index (χ4v) is 2.15. The minimum atomic E-state index is -0.485. The van der Waals surface area contributed by atoms with Gasteiger partial charge in [-0.3, -0.25) is 0 Å². The van der Waals surface area contributed by atoms with Crippen LogP contribution in [0.5, 0.6) is 5.75 Å². The van der Waals surface area contributed by atoms with Crippen LogP contribution >= 0.6 is 0 Å². The lowest BCUT2D eigenvalue weighted by molar-refractivity contribution is 0.174. The van der Waals surface area contributed by atoms with Gasteiger partial charge in [-0.15, -0.1) is 0 Å². The SMILES string of the molecule is CC(C)Oc1cccc(CNCC(O)c2ccccc2)c1. The van der Waals surface area contributed by atoms with Gasteiger partial charge in [-0.2, -0.15) is 0 Å². The molecule has 21 heavy (non-hydrogen) atoms. The molecular formula is C18H23NO2. The average molecular weight is 285 g/mol. The van der Waals surface area contributed by atoms with Crippen molar-refractivity contribution in [2.75, 3.05) is 6.54 Å². The summed E-state index contributed by atoms with van der Waals surface area (Å²) in [6, 6.07) is 17.7. The largest absolute Gasteiger partial charge is 0.491 e. The highest BCUT2D eigenvalue weighted by atomic mass is 16.5. The van der Waals surface area contributed by atoms with Crippen molar-refractivity contribution in [1.29, 1.82) is 0 Å². The minimum Gasteiger partial charge on any atom is -0.491 e. The maximum Gasteiger partial charge on any atom is 0.120 e. The Bertz CT molecular complexity index is 540. The summed E-state index contributed by atoms with van der Waals surface area (Å²) in [7, 11) is 0. The summed E-state index contributed by atoms with van der Waals surface area (Å²) < 4.78 is 5.67. The second-order valence-corrected chi connectivity index (χ2v) is 5.37. The van der Waals surface area contributed by atoms with E-state index in [2.05, 4.69) is 11.4 Å². The third-order valence-electron chi connectivity index (χ3n) is 3.12. The zero-order valence-corrected chi connectivity index (χ0v) is 12.6. The van der Waals surface area contributed by atoms with Crippen LogP contribution in [0.2, 0.25) is 0 Å². The van der Waals surface area contributed by atoms with Crippen molar-refractivity contribution in [3.05, 3.63) is 65.7 Å². The van der Waals surface area contributed by atoms with Gasteiger partial charge in [-0.1, -0.05) is 42.5 Å². The fourth-order valence-electron chi connectivity index (χ4n) is 2.15. The lowest BCUT2D eigenvalue weighted by Gasteiger charge is -2.13. The van der Waals surface area contributed by atoms with E-state index < -0.39 is 6.10 Å². The molecule has 0 bridgehead atoms. The molecule has 0 aliphatic rings. The molecule has 2 aromatic rings. The Morgan fingerprint density at radius 3 is 2.52 bits per heavy atom. The number of benzene rings is 2. The molecule has 112 valence electrons. The maximum absolute atomic E-state index is 10.1. The first kappa shape index (κ1) is 15.5. The van der Waals surface area contributed by atoms with E-state index in [4.69, 9.17) is 4.74 Å². The van der Waals surface area contributed by atoms with Gasteiger partial charge in [-0.05, 0) is 37.1 Å². The van der Waals surface area contributed by atoms with Crippen LogP contribution in [0.25, 0.3) is 0 Å². The van der Waals surface area contributed by atoms with E-state index in [1.165, 1.54) is 0 Å². The summed E-state index contributed by atoms with van der Waals surface area (Å²) in [6.45, 7) is 5.26. The Labute approximate surface area is 126 Å². The summed E-state index contributed by atoms with van der Waals surface area (Å²) in [6.07, 6.45) is -0.311. The predicted octanol–water partition coefficient (Wildman–Crippen LogP) is 3.30. The summed E-state index contributed by atoms with van der Waals surface area (Å²) in [5.41, 5.74) is 2.08. The predicted molar refractivity (Wildman–Crippen MR) is 85.3 cm³/mol. The van der Waals surface area contributed by atoms with Crippen molar-refractivity contribution in [3.63, 3.8) is 0 Å². The molecule has 0 amide bonds. The molecule has 0 spiro atoms. The standard InChI is InChI=1S/C18H23NO2/c1-14(2)21-17-10-6-7-15(11-17)12-19-13-18(20)16-8-4-3-5-9-16/h3-11,14,18-20H,12-13H2,1-2H3. The van der Waals surface area contributed by atoms with Crippen molar-refractivity contribution >= 4 is 0 Å². The monoisotopic (exact) mass is 285 g/mol. The second kappa shape index (κ2) is 7.81. The summed E-state index contributed by atoms with van der Waals surface area (Å²) >= 11 is 0. The number of nitrogens with one attached hydrogen (secondary N) is 1. The van der Waals surface area contributed by atoms with Crippen LogP contribution in [-0.4, -0.2) is 17.8 Å². The summed E-state index contributed by atoms with van der Waals surface area (Å²) in [5, 5.41) is 13.4. The highest BCUT2D eigenvalue weighted by Crippen LogP contribution is 2.15. The van der Waals surface area contributed by atoms with Crippen molar-refractivity contribution in [1.82, 2.24) is 5.32 Å². The smallest absolute Gasteiger partial charge is 0.120 e. The van der Waals surface area contributed by atoms with Gasteiger partial charge in [-0.25, -0.2) is 0 Å². The van der Waals surface area contributed by atoms with Crippen LogP contribution in [0, 0.1) is 0 Å². The van der Waals surface area contributed by atoms with Crippen LogP contribution < -0.4 is 10.1 Å². The lowest BCUT2D eigenvalue weighted by atomic mass is 10.1. The average Bonchev–Trinajstić information content (AvgIpc) is 2.48. The highest BCUT2D eigenvalue weighted by molar-refractivity contribution is 5.28. The minimum absolute atomic E-state index is 0.174. The Kier molecular flexibility index (Phi) is 5.78. The van der Waals surface area contributed by atoms with Gasteiger partial charge >= 0.3 is 0 Å². The fraction of sp³-hybridized carbons (Fsp3) is 0.333. The van der Waals surface area contributed by atoms with Gasteiger partial charge in [0.2, 0.25) is 0 Å². The molecule has 0 aliphatic heterocycles. The van der Waals surface area contributed by atoms with E-state index in [0.717, 1.165) is 16.9 Å². The van der Waals surface area contributed by atoms with Crippen LogP contribution in [0.4, 0.5) is 0 Å². The molecular weight excluding hydrogens is 262 g/mol. The van der Waals surface area contributed by atoms with Crippen LogP contribution in [-0.2, 0) is 6.54 Å². The topological polar surface area (TPSA) is 41.5 Å². The first-order chi connectivity index (χ1) is 10.1. The quantitative estimate of drug-likeness (QED) is 0.820. The van der Waals surface area contributed by atoms with Crippen molar-refractivity contribution < 1.29 is 9.84 Å². The molecule has 0 saturated carbocycles. The molecule has 0 aromatic heterocycles. The molecule has 2 N–H and O–H groups in total. The highest BCUT2D eigenvalue weighted by Gasteiger charge is 2.06. The van der Waals surface area contributed by atoms with E-state index in [1.54, 1.807) is 0 Å². The van der Waals surface area contributed by atoms with E-state index >= 15 is 0 Å². The normalized spacial score (nSPS) is 12.4. The third-order valence-corrected chi connectivity index (χ3v) is 3.12. The molecule has 0 fully saturated rings. The Hall–Kier alpha value is -1.84. The lowest BCUT2D eigenvalue weighted by Crippen LogP contribution is -2.21. The van der Waals surface area contributed by atoms with Gasteiger partial charge in [0.25, 0.3) is 0 Å². The Morgan fingerprint density at radius 2 is 1.81 bits per heavy atom. The second-order valence-electron chi connectivity index (χ2n) is 5.37. The maximum atomic E-state index is 10.1. The van der Waals surface area contributed by atoms with Gasteiger partial charge in [0.05, 0.1) is 12.2 Å². The molecule has 1 atom stereocenters. The number of aliphatic hydroxyl groups excluding tert-OH is 1. The number of hydrogen-bond acceptors (Lipinski definition) is 3. The van der Waals surface area contributed by atoms with Crippen molar-refractivity contribution in [3.8, 4) is 5.75 Å². The number of rotatable bonds is 7. The van der Waals surface area contributed by atoms with Crippen LogP contribution in [0.15, 0.2) is 54.6 Å². The summed E-state index contributed by atoms with van der Waals surface area (Å²) in [4.78, 5) is 0. The number of ether oxygens (including phenoxy) is 1.